The van der Waals surface area contributed by atoms with Crippen LogP contribution in [0, 0.1) is 5.92 Å². The normalized spacial score (nSPS) is 23.4. The van der Waals surface area contributed by atoms with Gasteiger partial charge in [0.15, 0.2) is 0 Å². The monoisotopic (exact) mass is 199 g/mol. The van der Waals surface area contributed by atoms with Crippen molar-refractivity contribution in [3.8, 4) is 0 Å². The highest BCUT2D eigenvalue weighted by Gasteiger charge is 2.23. The van der Waals surface area contributed by atoms with Crippen molar-refractivity contribution in [3.63, 3.8) is 0 Å². The first kappa shape index (κ1) is 12.0. The molecule has 0 amide bonds. The number of nitrogens with one attached hydrogen (secondary N) is 1. The molecule has 1 aliphatic rings. The second kappa shape index (κ2) is 5.13. The van der Waals surface area contributed by atoms with Gasteiger partial charge in [-0.05, 0) is 45.6 Å². The van der Waals surface area contributed by atoms with Crippen molar-refractivity contribution in [2.45, 2.75) is 58.6 Å². The Balaban J connectivity index is 2.20. The molecule has 0 aromatic carbocycles. The number of rotatable bonds is 5. The molecular formula is C12H25NO. The Morgan fingerprint density at radius 1 is 1.43 bits per heavy atom. The van der Waals surface area contributed by atoms with Crippen LogP contribution in [0.3, 0.4) is 0 Å². The van der Waals surface area contributed by atoms with Gasteiger partial charge in [0.25, 0.3) is 0 Å². The summed E-state index contributed by atoms with van der Waals surface area (Å²) < 4.78 is 5.96. The third kappa shape index (κ3) is 4.43. The molecule has 1 N–H and O–H groups in total. The molecular weight excluding hydrogens is 174 g/mol. The molecule has 2 nitrogen and oxygen atoms in total. The molecule has 1 saturated heterocycles. The molecule has 1 rings (SSSR count). The van der Waals surface area contributed by atoms with Crippen molar-refractivity contribution < 1.29 is 4.74 Å². The minimum atomic E-state index is 0.0401. The Morgan fingerprint density at radius 3 is 2.64 bits per heavy atom. The van der Waals surface area contributed by atoms with Gasteiger partial charge >= 0.3 is 0 Å². The zero-order valence-corrected chi connectivity index (χ0v) is 10.1. The summed E-state index contributed by atoms with van der Waals surface area (Å²) in [7, 11) is 0. The van der Waals surface area contributed by atoms with E-state index in [1.807, 2.05) is 0 Å². The third-order valence-corrected chi connectivity index (χ3v) is 2.74. The van der Waals surface area contributed by atoms with Gasteiger partial charge in [-0.25, -0.2) is 0 Å². The van der Waals surface area contributed by atoms with Crippen LogP contribution in [0.15, 0.2) is 0 Å². The van der Waals surface area contributed by atoms with E-state index in [1.165, 1.54) is 19.4 Å². The van der Waals surface area contributed by atoms with E-state index in [2.05, 4.69) is 33.0 Å². The van der Waals surface area contributed by atoms with Gasteiger partial charge in [-0.2, -0.15) is 0 Å². The fraction of sp³-hybridized carbons (Fsp3) is 1.00. The molecule has 14 heavy (non-hydrogen) atoms. The highest BCUT2D eigenvalue weighted by atomic mass is 16.5. The summed E-state index contributed by atoms with van der Waals surface area (Å²) in [6.07, 6.45) is 3.72. The first-order valence-electron chi connectivity index (χ1n) is 5.87. The minimum absolute atomic E-state index is 0.0401. The van der Waals surface area contributed by atoms with Crippen LogP contribution < -0.4 is 5.32 Å². The van der Waals surface area contributed by atoms with E-state index in [1.54, 1.807) is 0 Å². The van der Waals surface area contributed by atoms with Gasteiger partial charge in [-0.1, -0.05) is 13.8 Å². The average molecular weight is 199 g/mol. The van der Waals surface area contributed by atoms with E-state index < -0.39 is 0 Å². The summed E-state index contributed by atoms with van der Waals surface area (Å²) in [4.78, 5) is 0. The third-order valence-electron chi connectivity index (χ3n) is 2.74. The van der Waals surface area contributed by atoms with Crippen molar-refractivity contribution >= 4 is 0 Å². The van der Waals surface area contributed by atoms with Crippen molar-refractivity contribution in [2.75, 3.05) is 13.2 Å². The van der Waals surface area contributed by atoms with Crippen molar-refractivity contribution in [1.82, 2.24) is 5.32 Å². The maximum Gasteiger partial charge on any atom is 0.0629 e. The second-order valence-electron chi connectivity index (χ2n) is 5.46. The topological polar surface area (TPSA) is 21.3 Å². The first-order valence-corrected chi connectivity index (χ1v) is 5.87. The van der Waals surface area contributed by atoms with E-state index in [0.29, 0.717) is 12.0 Å². The molecule has 0 bridgehead atoms. The maximum absolute atomic E-state index is 5.96. The van der Waals surface area contributed by atoms with Gasteiger partial charge in [-0.15, -0.1) is 0 Å². The molecule has 84 valence electrons. The van der Waals surface area contributed by atoms with Crippen LogP contribution in [0.25, 0.3) is 0 Å². The predicted molar refractivity (Wildman–Crippen MR) is 60.5 cm³/mol. The molecule has 0 unspecified atom stereocenters. The van der Waals surface area contributed by atoms with Crippen LogP contribution in [0.1, 0.15) is 47.0 Å². The predicted octanol–water partition coefficient (Wildman–Crippen LogP) is 2.58. The number of ether oxygens (including phenoxy) is 1. The smallest absolute Gasteiger partial charge is 0.0629 e. The van der Waals surface area contributed by atoms with E-state index in [-0.39, 0.29) is 5.60 Å². The van der Waals surface area contributed by atoms with E-state index in [0.717, 1.165) is 13.0 Å². The summed E-state index contributed by atoms with van der Waals surface area (Å²) in [6.45, 7) is 10.9. The van der Waals surface area contributed by atoms with Crippen LogP contribution in [-0.2, 0) is 4.74 Å². The molecule has 1 heterocycles. The Morgan fingerprint density at radius 2 is 2.14 bits per heavy atom. The van der Waals surface area contributed by atoms with E-state index in [9.17, 15) is 0 Å². The fourth-order valence-electron chi connectivity index (χ4n) is 2.27. The molecule has 0 radical (unpaired) electrons. The Labute approximate surface area is 88.4 Å². The van der Waals surface area contributed by atoms with Crippen LogP contribution in [0.5, 0.6) is 0 Å². The van der Waals surface area contributed by atoms with Crippen LogP contribution in [0.2, 0.25) is 0 Å². The average Bonchev–Trinajstić information content (AvgIpc) is 2.50. The Bertz CT molecular complexity index is 160. The summed E-state index contributed by atoms with van der Waals surface area (Å²) in [5.74, 6) is 0.710. The van der Waals surface area contributed by atoms with Crippen LogP contribution >= 0.6 is 0 Å². The lowest BCUT2D eigenvalue weighted by Gasteiger charge is -2.28. The van der Waals surface area contributed by atoms with E-state index in [4.69, 9.17) is 4.74 Å². The summed E-state index contributed by atoms with van der Waals surface area (Å²) >= 11 is 0. The molecule has 0 saturated carbocycles. The lowest BCUT2D eigenvalue weighted by molar-refractivity contribution is -0.0390. The van der Waals surface area contributed by atoms with Gasteiger partial charge in [-0.3, -0.25) is 0 Å². The molecule has 2 heteroatoms. The van der Waals surface area contributed by atoms with Crippen LogP contribution in [0.4, 0.5) is 0 Å². The molecule has 1 fully saturated rings. The fourth-order valence-corrected chi connectivity index (χ4v) is 2.27. The number of hydrogen-bond donors (Lipinski definition) is 1. The molecule has 1 aliphatic heterocycles. The van der Waals surface area contributed by atoms with Crippen molar-refractivity contribution in [1.29, 1.82) is 0 Å². The largest absolute Gasteiger partial charge is 0.374 e. The minimum Gasteiger partial charge on any atom is -0.374 e. The molecule has 0 spiro atoms. The van der Waals surface area contributed by atoms with Crippen molar-refractivity contribution in [2.24, 2.45) is 5.92 Å². The Kier molecular flexibility index (Phi) is 4.39. The second-order valence-corrected chi connectivity index (χ2v) is 5.46. The SMILES string of the molecule is CC(C)CC(C)(C)OC[C@@H]1CCCN1. The zero-order chi connectivity index (χ0) is 10.6. The van der Waals surface area contributed by atoms with E-state index >= 15 is 0 Å². The maximum atomic E-state index is 5.96. The Hall–Kier alpha value is -0.0800. The highest BCUT2D eigenvalue weighted by molar-refractivity contribution is 4.77. The lowest BCUT2D eigenvalue weighted by atomic mass is 9.96. The quantitative estimate of drug-likeness (QED) is 0.735. The number of hydrogen-bond acceptors (Lipinski definition) is 2. The molecule has 0 aromatic heterocycles. The highest BCUT2D eigenvalue weighted by Crippen LogP contribution is 2.21. The molecule has 1 atom stereocenters. The summed E-state index contributed by atoms with van der Waals surface area (Å²) in [5, 5.41) is 3.46. The van der Waals surface area contributed by atoms with Gasteiger partial charge < -0.3 is 10.1 Å². The summed E-state index contributed by atoms with van der Waals surface area (Å²) in [5.41, 5.74) is 0.0401. The molecule has 0 aromatic rings. The van der Waals surface area contributed by atoms with Crippen molar-refractivity contribution in [3.05, 3.63) is 0 Å². The van der Waals surface area contributed by atoms with Gasteiger partial charge in [0.1, 0.15) is 0 Å². The standard InChI is InChI=1S/C12H25NO/c1-10(2)8-12(3,4)14-9-11-6-5-7-13-11/h10-11,13H,5-9H2,1-4H3/t11-/m0/s1. The van der Waals surface area contributed by atoms with Crippen LogP contribution in [-0.4, -0.2) is 24.8 Å². The van der Waals surface area contributed by atoms with Gasteiger partial charge in [0, 0.05) is 6.04 Å². The van der Waals surface area contributed by atoms with Gasteiger partial charge in [0.05, 0.1) is 12.2 Å². The lowest BCUT2D eigenvalue weighted by Crippen LogP contribution is -2.34. The summed E-state index contributed by atoms with van der Waals surface area (Å²) in [6, 6.07) is 0.599. The molecule has 0 aliphatic carbocycles. The zero-order valence-electron chi connectivity index (χ0n) is 10.1. The first-order chi connectivity index (χ1) is 6.49. The van der Waals surface area contributed by atoms with Gasteiger partial charge in [0.2, 0.25) is 0 Å².